The lowest BCUT2D eigenvalue weighted by molar-refractivity contribution is -0.207. The van der Waals surface area contributed by atoms with Crippen molar-refractivity contribution in [1.82, 2.24) is 4.90 Å². The molecule has 3 aromatic rings. The molecule has 0 radical (unpaired) electrons. The van der Waals surface area contributed by atoms with E-state index in [1.807, 2.05) is 12.1 Å². The first-order chi connectivity index (χ1) is 19.3. The van der Waals surface area contributed by atoms with Gasteiger partial charge in [0.15, 0.2) is 5.79 Å². The molecule has 0 bridgehead atoms. The minimum atomic E-state index is -0.447. The first-order valence-electron chi connectivity index (χ1n) is 14.7. The second-order valence-electron chi connectivity index (χ2n) is 11.4. The van der Waals surface area contributed by atoms with Crippen LogP contribution in [0.1, 0.15) is 55.2 Å². The molecule has 1 saturated carbocycles. The van der Waals surface area contributed by atoms with E-state index >= 15 is 0 Å². The molecule has 0 amide bonds. The zero-order chi connectivity index (χ0) is 26.3. The molecule has 206 valence electrons. The lowest BCUT2D eigenvalue weighted by Gasteiger charge is -2.35. The number of hydrogen-bond donors (Lipinski definition) is 0. The Hall–Kier alpha value is -2.54. The molecule has 2 aliphatic heterocycles. The quantitative estimate of drug-likeness (QED) is 0.317. The molecule has 2 saturated heterocycles. The Labute approximate surface area is 233 Å². The molecule has 3 aliphatic rings. The van der Waals surface area contributed by atoms with Crippen LogP contribution in [0.4, 0.5) is 0 Å². The molecular formula is C34H41NO4. The number of ether oxygens (including phenoxy) is 4. The topological polar surface area (TPSA) is 40.2 Å². The highest BCUT2D eigenvalue weighted by molar-refractivity contribution is 5.16. The van der Waals surface area contributed by atoms with Crippen molar-refractivity contribution in [2.45, 2.75) is 88.4 Å². The van der Waals surface area contributed by atoms with Crippen LogP contribution < -0.4 is 0 Å². The van der Waals surface area contributed by atoms with Crippen molar-refractivity contribution >= 4 is 0 Å². The second-order valence-corrected chi connectivity index (χ2v) is 11.4. The fraction of sp³-hybridized carbons (Fsp3) is 0.471. The zero-order valence-electron chi connectivity index (χ0n) is 22.8. The summed E-state index contributed by atoms with van der Waals surface area (Å²) in [6.45, 7) is 3.48. The van der Waals surface area contributed by atoms with Crippen molar-refractivity contribution in [3.05, 3.63) is 108 Å². The molecule has 0 N–H and O–H groups in total. The number of benzene rings is 3. The SMILES string of the molecule is c1ccc(COC[C@H]2C[C@@H](OCc3ccccc3)[C@@H]3OC4(CCCCC4)O[C@@H]3CN2Cc2ccccc2)cc1. The Morgan fingerprint density at radius 3 is 2.00 bits per heavy atom. The van der Waals surface area contributed by atoms with Crippen LogP contribution in [-0.4, -0.2) is 48.2 Å². The van der Waals surface area contributed by atoms with Gasteiger partial charge >= 0.3 is 0 Å². The monoisotopic (exact) mass is 527 g/mol. The summed E-state index contributed by atoms with van der Waals surface area (Å²) in [7, 11) is 0. The molecule has 6 rings (SSSR count). The molecule has 39 heavy (non-hydrogen) atoms. The number of fused-ring (bicyclic) bond motifs is 1. The van der Waals surface area contributed by atoms with Crippen LogP contribution in [0.15, 0.2) is 91.0 Å². The van der Waals surface area contributed by atoms with E-state index in [1.165, 1.54) is 36.0 Å². The molecule has 5 heteroatoms. The summed E-state index contributed by atoms with van der Waals surface area (Å²) in [4.78, 5) is 2.55. The first-order valence-corrected chi connectivity index (χ1v) is 14.7. The minimum absolute atomic E-state index is 0.0216. The van der Waals surface area contributed by atoms with Gasteiger partial charge in [0.05, 0.1) is 25.9 Å². The van der Waals surface area contributed by atoms with Crippen LogP contribution in [0.25, 0.3) is 0 Å². The second kappa shape index (κ2) is 12.8. The summed E-state index contributed by atoms with van der Waals surface area (Å²) in [5.74, 6) is -0.447. The van der Waals surface area contributed by atoms with Gasteiger partial charge in [-0.1, -0.05) is 97.4 Å². The summed E-state index contributed by atoms with van der Waals surface area (Å²) < 4.78 is 26.8. The van der Waals surface area contributed by atoms with Crippen molar-refractivity contribution in [2.75, 3.05) is 13.2 Å². The summed E-state index contributed by atoms with van der Waals surface area (Å²) in [6, 6.07) is 31.8. The average Bonchev–Trinajstić information content (AvgIpc) is 3.26. The lowest BCUT2D eigenvalue weighted by Crippen LogP contribution is -2.43. The van der Waals surface area contributed by atoms with Crippen LogP contribution in [0, 0.1) is 0 Å². The maximum absolute atomic E-state index is 6.88. The van der Waals surface area contributed by atoms with E-state index in [-0.39, 0.29) is 24.4 Å². The molecule has 3 aromatic carbocycles. The number of rotatable bonds is 9. The molecule has 4 atom stereocenters. The summed E-state index contributed by atoms with van der Waals surface area (Å²) in [5, 5.41) is 0. The fourth-order valence-corrected chi connectivity index (χ4v) is 6.42. The van der Waals surface area contributed by atoms with Crippen LogP contribution in [0.5, 0.6) is 0 Å². The van der Waals surface area contributed by atoms with E-state index < -0.39 is 5.79 Å². The van der Waals surface area contributed by atoms with Crippen molar-refractivity contribution in [1.29, 1.82) is 0 Å². The summed E-state index contributed by atoms with van der Waals surface area (Å²) in [5.41, 5.74) is 3.68. The van der Waals surface area contributed by atoms with Crippen LogP contribution >= 0.6 is 0 Å². The Kier molecular flexibility index (Phi) is 8.72. The third-order valence-electron chi connectivity index (χ3n) is 8.46. The van der Waals surface area contributed by atoms with Gasteiger partial charge in [-0.25, -0.2) is 0 Å². The van der Waals surface area contributed by atoms with Crippen molar-refractivity contribution < 1.29 is 18.9 Å². The van der Waals surface area contributed by atoms with Crippen molar-refractivity contribution in [3.8, 4) is 0 Å². The van der Waals surface area contributed by atoms with E-state index in [0.29, 0.717) is 19.8 Å². The highest BCUT2D eigenvalue weighted by atomic mass is 16.8. The summed E-state index contributed by atoms with van der Waals surface area (Å²) >= 11 is 0. The first kappa shape index (κ1) is 26.7. The van der Waals surface area contributed by atoms with Crippen LogP contribution in [0.3, 0.4) is 0 Å². The molecule has 0 aromatic heterocycles. The summed E-state index contributed by atoms with van der Waals surface area (Å²) in [6.07, 6.45) is 6.23. The smallest absolute Gasteiger partial charge is 0.169 e. The van der Waals surface area contributed by atoms with Gasteiger partial charge in [0, 0.05) is 32.0 Å². The Morgan fingerprint density at radius 2 is 1.33 bits per heavy atom. The Balaban J connectivity index is 1.24. The molecule has 2 heterocycles. The third-order valence-corrected chi connectivity index (χ3v) is 8.46. The van der Waals surface area contributed by atoms with Gasteiger partial charge in [-0.05, 0) is 36.0 Å². The molecule has 1 aliphatic carbocycles. The third kappa shape index (κ3) is 6.79. The zero-order valence-corrected chi connectivity index (χ0v) is 22.8. The highest BCUT2D eigenvalue weighted by Crippen LogP contribution is 2.44. The maximum Gasteiger partial charge on any atom is 0.169 e. The fourth-order valence-electron chi connectivity index (χ4n) is 6.42. The van der Waals surface area contributed by atoms with Gasteiger partial charge in [0.2, 0.25) is 0 Å². The number of nitrogens with zero attached hydrogens (tertiary/aromatic N) is 1. The molecular weight excluding hydrogens is 486 g/mol. The van der Waals surface area contributed by atoms with E-state index in [4.69, 9.17) is 18.9 Å². The largest absolute Gasteiger partial charge is 0.375 e. The molecule has 1 spiro atoms. The average molecular weight is 528 g/mol. The van der Waals surface area contributed by atoms with E-state index in [9.17, 15) is 0 Å². The minimum Gasteiger partial charge on any atom is -0.375 e. The Morgan fingerprint density at radius 1 is 0.718 bits per heavy atom. The molecule has 3 fully saturated rings. The van der Waals surface area contributed by atoms with E-state index in [0.717, 1.165) is 32.4 Å². The standard InChI is InChI=1S/C34H41NO4/c1-5-13-27(14-6-1)22-35-23-32-33(39-34(38-32)19-11-4-12-20-34)31(37-25-29-17-9-3-10-18-29)21-30(35)26-36-24-28-15-7-2-8-16-28/h1-3,5-10,13-18,30-33H,4,11-12,19-26H2/t30-,31-,32-,33+/m1/s1. The Bertz CT molecular complexity index is 1140. The number of likely N-dealkylation sites (tertiary alicyclic amines) is 1. The van der Waals surface area contributed by atoms with Gasteiger partial charge in [-0.2, -0.15) is 0 Å². The van der Waals surface area contributed by atoms with Gasteiger partial charge in [0.1, 0.15) is 12.2 Å². The maximum atomic E-state index is 6.88. The van der Waals surface area contributed by atoms with Crippen molar-refractivity contribution in [2.24, 2.45) is 0 Å². The molecule has 5 nitrogen and oxygen atoms in total. The van der Waals surface area contributed by atoms with Crippen LogP contribution in [-0.2, 0) is 38.7 Å². The van der Waals surface area contributed by atoms with Gasteiger partial charge in [-0.3, -0.25) is 4.90 Å². The van der Waals surface area contributed by atoms with Gasteiger partial charge in [-0.15, -0.1) is 0 Å². The highest BCUT2D eigenvalue weighted by Gasteiger charge is 2.53. The van der Waals surface area contributed by atoms with E-state index in [1.54, 1.807) is 0 Å². The predicted octanol–water partition coefficient (Wildman–Crippen LogP) is 6.51. The van der Waals surface area contributed by atoms with Crippen molar-refractivity contribution in [3.63, 3.8) is 0 Å². The normalized spacial score (nSPS) is 26.8. The van der Waals surface area contributed by atoms with E-state index in [2.05, 4.69) is 83.8 Å². The van der Waals surface area contributed by atoms with Gasteiger partial charge < -0.3 is 18.9 Å². The predicted molar refractivity (Wildman–Crippen MR) is 152 cm³/mol. The lowest BCUT2D eigenvalue weighted by atomic mass is 9.94. The molecule has 0 unspecified atom stereocenters. The number of hydrogen-bond acceptors (Lipinski definition) is 5. The van der Waals surface area contributed by atoms with Crippen LogP contribution in [0.2, 0.25) is 0 Å². The van der Waals surface area contributed by atoms with Gasteiger partial charge in [0.25, 0.3) is 0 Å².